The number of carbonyl (C=O) groups excluding carboxylic acids is 1. The van der Waals surface area contributed by atoms with Gasteiger partial charge >= 0.3 is 0 Å². The maximum atomic E-state index is 12.4. The van der Waals surface area contributed by atoms with Crippen LogP contribution in [-0.4, -0.2) is 22.2 Å². The van der Waals surface area contributed by atoms with E-state index in [1.165, 1.54) is 0 Å². The first-order valence-electron chi connectivity index (χ1n) is 6.46. The van der Waals surface area contributed by atoms with E-state index in [9.17, 15) is 4.79 Å². The van der Waals surface area contributed by atoms with Gasteiger partial charge in [0.2, 0.25) is 0 Å². The van der Waals surface area contributed by atoms with E-state index in [1.54, 1.807) is 10.9 Å². The van der Waals surface area contributed by atoms with E-state index in [-0.39, 0.29) is 11.7 Å². The van der Waals surface area contributed by atoms with E-state index in [0.29, 0.717) is 13.0 Å². The molecule has 2 aromatic rings. The van der Waals surface area contributed by atoms with Gasteiger partial charge in [-0.15, -0.1) is 0 Å². The minimum atomic E-state index is -0.0508. The molecule has 1 aromatic heterocycles. The third-order valence-corrected chi connectivity index (χ3v) is 3.48. The summed E-state index contributed by atoms with van der Waals surface area (Å²) in [6.07, 6.45) is 4.84. The Morgan fingerprint density at radius 3 is 3.11 bits per heavy atom. The molecule has 0 spiro atoms. The zero-order chi connectivity index (χ0) is 13.2. The van der Waals surface area contributed by atoms with Gasteiger partial charge in [0.25, 0.3) is 0 Å². The first-order chi connectivity index (χ1) is 9.24. The molecule has 4 heteroatoms. The first kappa shape index (κ1) is 12.0. The molecule has 0 aliphatic carbocycles. The lowest BCUT2D eigenvalue weighted by atomic mass is 9.87. The fraction of sp³-hybridized carbons (Fsp3) is 0.333. The number of hydrogen-bond acceptors (Lipinski definition) is 3. The van der Waals surface area contributed by atoms with Gasteiger partial charge in [-0.25, -0.2) is 0 Å². The van der Waals surface area contributed by atoms with E-state index < -0.39 is 0 Å². The second-order valence-corrected chi connectivity index (χ2v) is 4.89. The monoisotopic (exact) mass is 256 g/mol. The fourth-order valence-electron chi connectivity index (χ4n) is 2.56. The number of aryl methyl sites for hydroxylation is 1. The summed E-state index contributed by atoms with van der Waals surface area (Å²) in [5.74, 6) is 1.03. The summed E-state index contributed by atoms with van der Waals surface area (Å²) in [5, 5.41) is 4.10. The Morgan fingerprint density at radius 1 is 1.47 bits per heavy atom. The molecule has 4 nitrogen and oxygen atoms in total. The molecule has 0 saturated carbocycles. The van der Waals surface area contributed by atoms with E-state index in [0.717, 1.165) is 23.3 Å². The first-order valence-corrected chi connectivity index (χ1v) is 6.46. The van der Waals surface area contributed by atoms with Crippen LogP contribution in [0, 0.1) is 0 Å². The van der Waals surface area contributed by atoms with Crippen LogP contribution in [0.5, 0.6) is 5.75 Å². The van der Waals surface area contributed by atoms with Crippen molar-refractivity contribution in [3.05, 3.63) is 47.8 Å². The Balaban J connectivity index is 1.81. The maximum Gasteiger partial charge on any atom is 0.145 e. The minimum absolute atomic E-state index is 0.0508. The fourth-order valence-corrected chi connectivity index (χ4v) is 2.56. The normalized spacial score (nSPS) is 17.6. The van der Waals surface area contributed by atoms with E-state index >= 15 is 0 Å². The second-order valence-electron chi connectivity index (χ2n) is 4.89. The number of hydrogen-bond donors (Lipinski definition) is 0. The molecule has 1 aromatic carbocycles. The highest BCUT2D eigenvalue weighted by molar-refractivity contribution is 5.88. The number of benzene rings is 1. The number of Topliss-reactive ketones (excluding diaryl/α,β-unsaturated/α-hetero) is 1. The second kappa shape index (κ2) is 4.88. The SMILES string of the molecule is Cn1cc(CC(=O)C2CCOc3ccccc32)cn1. The molecule has 19 heavy (non-hydrogen) atoms. The summed E-state index contributed by atoms with van der Waals surface area (Å²) in [4.78, 5) is 12.4. The molecular formula is C15H16N2O2. The number of nitrogens with zero attached hydrogens (tertiary/aromatic N) is 2. The van der Waals surface area contributed by atoms with Crippen molar-refractivity contribution in [1.29, 1.82) is 0 Å². The molecule has 1 atom stereocenters. The van der Waals surface area contributed by atoms with Gasteiger partial charge in [-0.1, -0.05) is 18.2 Å². The van der Waals surface area contributed by atoms with Gasteiger partial charge in [0.15, 0.2) is 0 Å². The zero-order valence-electron chi connectivity index (χ0n) is 10.9. The van der Waals surface area contributed by atoms with Crippen molar-refractivity contribution >= 4 is 5.78 Å². The molecule has 1 aliphatic rings. The lowest BCUT2D eigenvalue weighted by molar-refractivity contribution is -0.120. The van der Waals surface area contributed by atoms with Crippen molar-refractivity contribution < 1.29 is 9.53 Å². The largest absolute Gasteiger partial charge is 0.493 e. The van der Waals surface area contributed by atoms with Crippen LogP contribution in [0.2, 0.25) is 0 Å². The number of rotatable bonds is 3. The van der Waals surface area contributed by atoms with Crippen LogP contribution >= 0.6 is 0 Å². The molecule has 0 fully saturated rings. The number of aromatic nitrogens is 2. The summed E-state index contributed by atoms with van der Waals surface area (Å²) in [6, 6.07) is 7.81. The summed E-state index contributed by atoms with van der Waals surface area (Å²) in [6.45, 7) is 0.612. The zero-order valence-corrected chi connectivity index (χ0v) is 10.9. The number of para-hydroxylation sites is 1. The minimum Gasteiger partial charge on any atom is -0.493 e. The van der Waals surface area contributed by atoms with Crippen LogP contribution in [0.3, 0.4) is 0 Å². The topological polar surface area (TPSA) is 44.1 Å². The summed E-state index contributed by atoms with van der Waals surface area (Å²) < 4.78 is 7.31. The van der Waals surface area contributed by atoms with Gasteiger partial charge in [-0.2, -0.15) is 5.10 Å². The van der Waals surface area contributed by atoms with Crippen molar-refractivity contribution in [3.63, 3.8) is 0 Å². The third-order valence-electron chi connectivity index (χ3n) is 3.48. The quantitative estimate of drug-likeness (QED) is 0.844. The molecule has 0 saturated heterocycles. The Hall–Kier alpha value is -2.10. The van der Waals surface area contributed by atoms with Gasteiger partial charge in [0.1, 0.15) is 11.5 Å². The molecular weight excluding hydrogens is 240 g/mol. The Bertz CT molecular complexity index is 604. The maximum absolute atomic E-state index is 12.4. The third kappa shape index (κ3) is 2.38. The molecule has 1 aliphatic heterocycles. The Morgan fingerprint density at radius 2 is 2.32 bits per heavy atom. The highest BCUT2D eigenvalue weighted by Crippen LogP contribution is 2.34. The smallest absolute Gasteiger partial charge is 0.145 e. The molecule has 3 rings (SSSR count). The number of carbonyl (C=O) groups is 1. The summed E-state index contributed by atoms with van der Waals surface area (Å²) >= 11 is 0. The number of ketones is 1. The van der Waals surface area contributed by atoms with Gasteiger partial charge in [-0.05, 0) is 18.1 Å². The van der Waals surface area contributed by atoms with Crippen LogP contribution in [0.25, 0.3) is 0 Å². The highest BCUT2D eigenvalue weighted by Gasteiger charge is 2.27. The predicted molar refractivity (Wildman–Crippen MR) is 71.2 cm³/mol. The van der Waals surface area contributed by atoms with Crippen LogP contribution in [0.4, 0.5) is 0 Å². The standard InChI is InChI=1S/C15H16N2O2/c1-17-10-11(9-16-17)8-14(18)12-6-7-19-15-5-3-2-4-13(12)15/h2-5,9-10,12H,6-8H2,1H3. The summed E-state index contributed by atoms with van der Waals surface area (Å²) in [7, 11) is 1.86. The Kier molecular flexibility index (Phi) is 3.07. The number of fused-ring (bicyclic) bond motifs is 1. The van der Waals surface area contributed by atoms with Crippen LogP contribution in [-0.2, 0) is 18.3 Å². The average molecular weight is 256 g/mol. The molecule has 98 valence electrons. The lowest BCUT2D eigenvalue weighted by Gasteiger charge is -2.24. The number of ether oxygens (including phenoxy) is 1. The highest BCUT2D eigenvalue weighted by atomic mass is 16.5. The van der Waals surface area contributed by atoms with Crippen LogP contribution < -0.4 is 4.74 Å². The van der Waals surface area contributed by atoms with E-state index in [4.69, 9.17) is 4.74 Å². The van der Waals surface area contributed by atoms with Crippen molar-refractivity contribution in [3.8, 4) is 5.75 Å². The lowest BCUT2D eigenvalue weighted by Crippen LogP contribution is -2.22. The van der Waals surface area contributed by atoms with Crippen molar-refractivity contribution in [2.24, 2.45) is 7.05 Å². The molecule has 0 amide bonds. The van der Waals surface area contributed by atoms with Crippen LogP contribution in [0.15, 0.2) is 36.7 Å². The van der Waals surface area contributed by atoms with Gasteiger partial charge in [-0.3, -0.25) is 9.48 Å². The van der Waals surface area contributed by atoms with E-state index in [1.807, 2.05) is 37.5 Å². The average Bonchev–Trinajstić information content (AvgIpc) is 2.83. The summed E-state index contributed by atoms with van der Waals surface area (Å²) in [5.41, 5.74) is 1.99. The van der Waals surface area contributed by atoms with E-state index in [2.05, 4.69) is 5.10 Å². The van der Waals surface area contributed by atoms with Gasteiger partial charge in [0, 0.05) is 31.1 Å². The van der Waals surface area contributed by atoms with Crippen LogP contribution in [0.1, 0.15) is 23.5 Å². The van der Waals surface area contributed by atoms with Gasteiger partial charge < -0.3 is 4.74 Å². The van der Waals surface area contributed by atoms with Gasteiger partial charge in [0.05, 0.1) is 12.8 Å². The van der Waals surface area contributed by atoms with Crippen molar-refractivity contribution in [2.75, 3.05) is 6.61 Å². The predicted octanol–water partition coefficient (Wildman–Crippen LogP) is 2.10. The molecule has 0 N–H and O–H groups in total. The molecule has 1 unspecified atom stereocenters. The molecule has 0 bridgehead atoms. The molecule has 2 heterocycles. The Labute approximate surface area is 112 Å². The van der Waals surface area contributed by atoms with Crippen molar-refractivity contribution in [2.45, 2.75) is 18.8 Å². The van der Waals surface area contributed by atoms with Crippen molar-refractivity contribution in [1.82, 2.24) is 9.78 Å². The molecule has 0 radical (unpaired) electrons.